The highest BCUT2D eigenvalue weighted by Gasteiger charge is 2.28. The number of nitrogens with one attached hydrogen (secondary N) is 1. The van der Waals surface area contributed by atoms with Crippen molar-refractivity contribution in [1.82, 2.24) is 15.2 Å². The summed E-state index contributed by atoms with van der Waals surface area (Å²) < 4.78 is 0. The molecule has 0 atom stereocenters. The van der Waals surface area contributed by atoms with Crippen molar-refractivity contribution < 1.29 is 19.5 Å². The van der Waals surface area contributed by atoms with Crippen LogP contribution >= 0.6 is 11.3 Å². The number of rotatable bonds is 4. The Labute approximate surface area is 100 Å². The summed E-state index contributed by atoms with van der Waals surface area (Å²) in [6.45, 7) is 0.244. The van der Waals surface area contributed by atoms with E-state index < -0.39 is 12.0 Å². The summed E-state index contributed by atoms with van der Waals surface area (Å²) in [5, 5.41) is 13.1. The van der Waals surface area contributed by atoms with Crippen LogP contribution in [0.3, 0.4) is 0 Å². The molecule has 90 valence electrons. The van der Waals surface area contributed by atoms with E-state index in [1.165, 1.54) is 16.7 Å². The fourth-order valence-electron chi connectivity index (χ4n) is 1.41. The zero-order valence-electron chi connectivity index (χ0n) is 8.67. The summed E-state index contributed by atoms with van der Waals surface area (Å²) in [4.78, 5) is 38.0. The maximum Gasteiger partial charge on any atom is 0.355 e. The van der Waals surface area contributed by atoms with Gasteiger partial charge in [0.1, 0.15) is 0 Å². The molecule has 0 spiro atoms. The van der Waals surface area contributed by atoms with Crippen LogP contribution in [0, 0.1) is 0 Å². The van der Waals surface area contributed by atoms with Gasteiger partial charge >= 0.3 is 12.0 Å². The highest BCUT2D eigenvalue weighted by atomic mass is 32.1. The normalized spacial score (nSPS) is 15.2. The molecule has 1 aliphatic rings. The third-order valence-corrected chi connectivity index (χ3v) is 3.17. The van der Waals surface area contributed by atoms with E-state index in [2.05, 4.69) is 10.3 Å². The Kier molecular flexibility index (Phi) is 3.05. The summed E-state index contributed by atoms with van der Waals surface area (Å²) >= 11 is 1.20. The molecule has 0 saturated carbocycles. The molecule has 0 radical (unpaired) electrons. The van der Waals surface area contributed by atoms with Crippen molar-refractivity contribution in [2.45, 2.75) is 6.42 Å². The minimum atomic E-state index is -1.08. The average Bonchev–Trinajstić information content (AvgIpc) is 2.85. The van der Waals surface area contributed by atoms with Gasteiger partial charge < -0.3 is 10.4 Å². The van der Waals surface area contributed by atoms with Gasteiger partial charge in [-0.15, -0.1) is 11.3 Å². The summed E-state index contributed by atoms with van der Waals surface area (Å²) in [7, 11) is 0. The number of hydrogen-bond donors (Lipinski definition) is 2. The Morgan fingerprint density at radius 2 is 2.35 bits per heavy atom. The highest BCUT2D eigenvalue weighted by Crippen LogP contribution is 2.11. The van der Waals surface area contributed by atoms with Gasteiger partial charge in [-0.1, -0.05) is 0 Å². The van der Waals surface area contributed by atoms with Gasteiger partial charge in [0, 0.05) is 18.3 Å². The average molecular weight is 255 g/mol. The first-order valence-electron chi connectivity index (χ1n) is 4.84. The lowest BCUT2D eigenvalue weighted by Crippen LogP contribution is -2.32. The van der Waals surface area contributed by atoms with Gasteiger partial charge in [0.25, 0.3) is 0 Å². The minimum absolute atomic E-state index is 0.0119. The van der Waals surface area contributed by atoms with E-state index in [1.54, 1.807) is 0 Å². The van der Waals surface area contributed by atoms with Crippen molar-refractivity contribution in [3.8, 4) is 0 Å². The molecule has 0 bridgehead atoms. The van der Waals surface area contributed by atoms with Crippen LogP contribution in [0.5, 0.6) is 0 Å². The Hall–Kier alpha value is -1.96. The lowest BCUT2D eigenvalue weighted by Gasteiger charge is -2.10. The summed E-state index contributed by atoms with van der Waals surface area (Å²) in [5.41, 5.74) is -0.0119. The van der Waals surface area contributed by atoms with Gasteiger partial charge in [-0.2, -0.15) is 0 Å². The molecular weight excluding hydrogens is 246 g/mol. The number of imide groups is 1. The van der Waals surface area contributed by atoms with Crippen molar-refractivity contribution >= 4 is 29.2 Å². The number of aromatic nitrogens is 1. The van der Waals surface area contributed by atoms with Gasteiger partial charge in [0.05, 0.1) is 11.6 Å². The van der Waals surface area contributed by atoms with Gasteiger partial charge in [-0.05, 0) is 0 Å². The first kappa shape index (κ1) is 11.5. The first-order chi connectivity index (χ1) is 8.08. The second kappa shape index (κ2) is 4.50. The van der Waals surface area contributed by atoms with Gasteiger partial charge in [-0.3, -0.25) is 9.69 Å². The Bertz CT molecular complexity index is 468. The summed E-state index contributed by atoms with van der Waals surface area (Å²) in [6, 6.07) is -0.412. The van der Waals surface area contributed by atoms with Crippen LogP contribution in [0.1, 0.15) is 15.5 Å². The molecular formula is C9H9N3O4S. The maximum absolute atomic E-state index is 11.3. The number of thiazole rings is 1. The number of hydrogen-bond acceptors (Lipinski definition) is 5. The molecule has 2 rings (SSSR count). The van der Waals surface area contributed by atoms with E-state index in [4.69, 9.17) is 5.11 Å². The van der Waals surface area contributed by atoms with Crippen molar-refractivity contribution in [2.24, 2.45) is 0 Å². The molecule has 1 aliphatic heterocycles. The fourth-order valence-corrected chi connectivity index (χ4v) is 2.17. The van der Waals surface area contributed by atoms with Gasteiger partial charge in [0.2, 0.25) is 5.91 Å². The molecule has 0 aromatic carbocycles. The van der Waals surface area contributed by atoms with Crippen LogP contribution in [0.4, 0.5) is 4.79 Å². The Morgan fingerprint density at radius 3 is 2.88 bits per heavy atom. The molecule has 8 heteroatoms. The second-order valence-electron chi connectivity index (χ2n) is 3.39. The molecule has 7 nitrogen and oxygen atoms in total. The maximum atomic E-state index is 11.3. The van der Waals surface area contributed by atoms with E-state index >= 15 is 0 Å². The standard InChI is InChI=1S/C9H9N3O4S/c13-7-3-10-9(16)12(7)2-1-6-11-5(4-17-6)8(14)15/h4H,1-3H2,(H,10,16)(H,14,15). The van der Waals surface area contributed by atoms with Crippen LogP contribution in [0.2, 0.25) is 0 Å². The largest absolute Gasteiger partial charge is 0.476 e. The molecule has 17 heavy (non-hydrogen) atoms. The molecule has 1 saturated heterocycles. The Balaban J connectivity index is 1.95. The van der Waals surface area contributed by atoms with Crippen LogP contribution in [0.25, 0.3) is 0 Å². The van der Waals surface area contributed by atoms with E-state index in [1.807, 2.05) is 0 Å². The predicted molar refractivity (Wildman–Crippen MR) is 57.9 cm³/mol. The van der Waals surface area contributed by atoms with Gasteiger partial charge in [0.15, 0.2) is 5.69 Å². The van der Waals surface area contributed by atoms with E-state index in [0.29, 0.717) is 11.4 Å². The number of carbonyl (C=O) groups is 3. The van der Waals surface area contributed by atoms with Crippen LogP contribution in [-0.2, 0) is 11.2 Å². The van der Waals surface area contributed by atoms with Crippen molar-refractivity contribution in [2.75, 3.05) is 13.1 Å². The summed E-state index contributed by atoms with van der Waals surface area (Å²) in [5.74, 6) is -1.35. The van der Waals surface area contributed by atoms with Crippen molar-refractivity contribution in [3.05, 3.63) is 16.1 Å². The predicted octanol–water partition coefficient (Wildman–Crippen LogP) is -0.0644. The molecule has 2 heterocycles. The highest BCUT2D eigenvalue weighted by molar-refractivity contribution is 7.09. The molecule has 1 aromatic heterocycles. The van der Waals surface area contributed by atoms with Crippen LogP contribution < -0.4 is 5.32 Å². The van der Waals surface area contributed by atoms with E-state index in [9.17, 15) is 14.4 Å². The van der Waals surface area contributed by atoms with E-state index in [-0.39, 0.29) is 24.7 Å². The number of aromatic carboxylic acids is 1. The first-order valence-corrected chi connectivity index (χ1v) is 5.72. The lowest BCUT2D eigenvalue weighted by atomic mass is 10.4. The van der Waals surface area contributed by atoms with Crippen LogP contribution in [-0.4, -0.2) is 46.0 Å². The van der Waals surface area contributed by atoms with Crippen molar-refractivity contribution in [1.29, 1.82) is 0 Å². The molecule has 3 amide bonds. The number of urea groups is 1. The number of carbonyl (C=O) groups excluding carboxylic acids is 2. The Morgan fingerprint density at radius 1 is 1.59 bits per heavy atom. The number of nitrogens with zero attached hydrogens (tertiary/aromatic N) is 2. The smallest absolute Gasteiger partial charge is 0.355 e. The quantitative estimate of drug-likeness (QED) is 0.734. The van der Waals surface area contributed by atoms with Gasteiger partial charge in [-0.25, -0.2) is 14.6 Å². The van der Waals surface area contributed by atoms with Crippen molar-refractivity contribution in [3.63, 3.8) is 0 Å². The minimum Gasteiger partial charge on any atom is -0.476 e. The molecule has 0 aliphatic carbocycles. The number of amides is 3. The molecule has 2 N–H and O–H groups in total. The third kappa shape index (κ3) is 2.41. The zero-order chi connectivity index (χ0) is 12.4. The fraction of sp³-hybridized carbons (Fsp3) is 0.333. The SMILES string of the molecule is O=C(O)c1csc(CCN2C(=O)CNC2=O)n1. The van der Waals surface area contributed by atoms with E-state index in [0.717, 1.165) is 4.90 Å². The monoisotopic (exact) mass is 255 g/mol. The zero-order valence-corrected chi connectivity index (χ0v) is 9.49. The van der Waals surface area contributed by atoms with Crippen LogP contribution in [0.15, 0.2) is 5.38 Å². The molecule has 0 unspecified atom stereocenters. The summed E-state index contributed by atoms with van der Waals surface area (Å²) in [6.07, 6.45) is 0.372. The molecule has 1 aromatic rings. The number of carboxylic acid groups (broad SMARTS) is 1. The second-order valence-corrected chi connectivity index (χ2v) is 4.33. The molecule has 1 fully saturated rings. The number of carboxylic acids is 1. The topological polar surface area (TPSA) is 99.6 Å². The third-order valence-electron chi connectivity index (χ3n) is 2.26. The lowest BCUT2D eigenvalue weighted by molar-refractivity contribution is -0.124.